The van der Waals surface area contributed by atoms with Gasteiger partial charge in [-0.25, -0.2) is 0 Å². The number of fused-ring (bicyclic) bond motifs is 2. The van der Waals surface area contributed by atoms with Crippen molar-refractivity contribution in [3.8, 4) is 17.6 Å². The van der Waals surface area contributed by atoms with Crippen LogP contribution < -0.4 is 14.4 Å². The van der Waals surface area contributed by atoms with Crippen molar-refractivity contribution in [3.63, 3.8) is 0 Å². The summed E-state index contributed by atoms with van der Waals surface area (Å²) in [5, 5.41) is 9.30. The van der Waals surface area contributed by atoms with Crippen LogP contribution in [0.3, 0.4) is 0 Å². The van der Waals surface area contributed by atoms with Gasteiger partial charge in [-0.2, -0.15) is 5.26 Å². The molecule has 1 fully saturated rings. The van der Waals surface area contributed by atoms with Gasteiger partial charge in [-0.15, -0.1) is 11.8 Å². The van der Waals surface area contributed by atoms with Gasteiger partial charge in [0, 0.05) is 23.4 Å². The Hall–Kier alpha value is -3.96. The first-order valence-electron chi connectivity index (χ1n) is 11.1. The third-order valence-electron chi connectivity index (χ3n) is 6.36. The molecule has 35 heavy (non-hydrogen) atoms. The van der Waals surface area contributed by atoms with E-state index in [9.17, 15) is 14.9 Å². The van der Waals surface area contributed by atoms with Crippen LogP contribution in [0.2, 0.25) is 0 Å². The van der Waals surface area contributed by atoms with E-state index in [1.807, 2.05) is 30.3 Å². The Bertz CT molecular complexity index is 1370. The van der Waals surface area contributed by atoms with Crippen molar-refractivity contribution in [2.75, 3.05) is 31.4 Å². The van der Waals surface area contributed by atoms with Crippen LogP contribution in [0.4, 0.5) is 5.69 Å². The van der Waals surface area contributed by atoms with Gasteiger partial charge in [0.25, 0.3) is 11.8 Å². The van der Waals surface area contributed by atoms with Gasteiger partial charge < -0.3 is 19.3 Å². The molecule has 0 N–H and O–H groups in total. The van der Waals surface area contributed by atoms with E-state index in [0.29, 0.717) is 34.9 Å². The second kappa shape index (κ2) is 9.01. The Morgan fingerprint density at radius 1 is 1.06 bits per heavy atom. The van der Waals surface area contributed by atoms with Crippen molar-refractivity contribution in [1.82, 2.24) is 4.90 Å². The van der Waals surface area contributed by atoms with E-state index in [4.69, 9.17) is 9.47 Å². The minimum atomic E-state index is -1.20. The quantitative estimate of drug-likeness (QED) is 0.540. The van der Waals surface area contributed by atoms with Crippen molar-refractivity contribution in [2.45, 2.75) is 11.4 Å². The van der Waals surface area contributed by atoms with Crippen LogP contribution in [0, 0.1) is 11.3 Å². The number of carbonyl (C=O) groups is 2. The highest BCUT2D eigenvalue weighted by Crippen LogP contribution is 2.55. The molecule has 0 saturated carbocycles. The standard InChI is InChI=1S/C27H23N3O4S/c1-33-21-8-4-7-20(14-21)25(31)30-11-12-35-27(30)23-15-22(34-2)9-10-24(23)29(26(27)32)17-19-6-3-5-18(13-19)16-28/h3-10,13-15H,11-12,17H2,1-2H3/t27-/m0/s1. The molecule has 5 rings (SSSR count). The van der Waals surface area contributed by atoms with Crippen LogP contribution in [0.1, 0.15) is 27.0 Å². The van der Waals surface area contributed by atoms with Crippen LogP contribution in [0.25, 0.3) is 0 Å². The van der Waals surface area contributed by atoms with E-state index >= 15 is 0 Å². The number of rotatable bonds is 5. The van der Waals surface area contributed by atoms with E-state index in [2.05, 4.69) is 6.07 Å². The van der Waals surface area contributed by atoms with Gasteiger partial charge >= 0.3 is 0 Å². The number of thioether (sulfide) groups is 1. The van der Waals surface area contributed by atoms with Crippen molar-refractivity contribution < 1.29 is 19.1 Å². The Morgan fingerprint density at radius 2 is 1.83 bits per heavy atom. The smallest absolute Gasteiger partial charge is 0.268 e. The predicted molar refractivity (Wildman–Crippen MR) is 134 cm³/mol. The summed E-state index contributed by atoms with van der Waals surface area (Å²) in [6.45, 7) is 0.720. The Labute approximate surface area is 207 Å². The molecule has 2 amide bonds. The van der Waals surface area contributed by atoms with Crippen molar-refractivity contribution in [2.24, 2.45) is 0 Å². The third kappa shape index (κ3) is 3.69. The number of nitrogens with zero attached hydrogens (tertiary/aromatic N) is 3. The summed E-state index contributed by atoms with van der Waals surface area (Å²) in [5.74, 6) is 1.41. The van der Waals surface area contributed by atoms with Crippen LogP contribution in [0.5, 0.6) is 11.5 Å². The topological polar surface area (TPSA) is 82.9 Å². The lowest BCUT2D eigenvalue weighted by Crippen LogP contribution is -2.50. The van der Waals surface area contributed by atoms with Crippen LogP contribution in [-0.4, -0.2) is 43.2 Å². The summed E-state index contributed by atoms with van der Waals surface area (Å²) in [4.78, 5) is 30.1. The molecule has 8 heteroatoms. The zero-order valence-electron chi connectivity index (χ0n) is 19.4. The summed E-state index contributed by atoms with van der Waals surface area (Å²) in [6.07, 6.45) is 0. The Kier molecular flexibility index (Phi) is 5.87. The lowest BCUT2D eigenvalue weighted by atomic mass is 10.0. The monoisotopic (exact) mass is 485 g/mol. The second-order valence-corrected chi connectivity index (χ2v) is 9.56. The Morgan fingerprint density at radius 3 is 2.60 bits per heavy atom. The molecule has 2 aliphatic heterocycles. The molecule has 0 unspecified atom stereocenters. The van der Waals surface area contributed by atoms with Crippen molar-refractivity contribution >= 4 is 29.3 Å². The molecule has 3 aromatic rings. The van der Waals surface area contributed by atoms with Crippen LogP contribution in [0.15, 0.2) is 66.7 Å². The molecule has 2 heterocycles. The fraction of sp³-hybridized carbons (Fsp3) is 0.222. The lowest BCUT2D eigenvalue weighted by Gasteiger charge is -2.33. The summed E-state index contributed by atoms with van der Waals surface area (Å²) < 4.78 is 10.8. The average Bonchev–Trinajstić information content (AvgIpc) is 3.45. The molecule has 0 radical (unpaired) electrons. The predicted octanol–water partition coefficient (Wildman–Crippen LogP) is 4.16. The summed E-state index contributed by atoms with van der Waals surface area (Å²) in [6, 6.07) is 21.9. The number of anilines is 1. The van der Waals surface area contributed by atoms with Crippen molar-refractivity contribution in [1.29, 1.82) is 5.26 Å². The molecule has 2 aliphatic rings. The number of hydrogen-bond acceptors (Lipinski definition) is 6. The second-order valence-electron chi connectivity index (χ2n) is 8.27. The summed E-state index contributed by atoms with van der Waals surface area (Å²) in [5.41, 5.74) is 3.30. The summed E-state index contributed by atoms with van der Waals surface area (Å²) in [7, 11) is 3.14. The molecule has 0 bridgehead atoms. The molecule has 176 valence electrons. The average molecular weight is 486 g/mol. The number of methoxy groups -OCH3 is 2. The molecule has 1 atom stereocenters. The SMILES string of the molecule is COc1cccc(C(=O)N2CCS[C@@]23C(=O)N(Cc2cccc(C#N)c2)c2ccc(OC)cc23)c1. The molecule has 0 aromatic heterocycles. The summed E-state index contributed by atoms with van der Waals surface area (Å²) >= 11 is 1.46. The first-order chi connectivity index (χ1) is 17.0. The number of nitriles is 1. The minimum Gasteiger partial charge on any atom is -0.497 e. The first-order valence-corrected chi connectivity index (χ1v) is 12.1. The van der Waals surface area contributed by atoms with E-state index in [1.165, 1.54) is 11.8 Å². The highest BCUT2D eigenvalue weighted by molar-refractivity contribution is 8.01. The van der Waals surface area contributed by atoms with E-state index < -0.39 is 4.87 Å². The van der Waals surface area contributed by atoms with Gasteiger partial charge in [-0.3, -0.25) is 9.59 Å². The van der Waals surface area contributed by atoms with Gasteiger partial charge in [0.05, 0.1) is 38.1 Å². The molecular weight excluding hydrogens is 462 g/mol. The maximum Gasteiger partial charge on any atom is 0.268 e. The molecule has 0 aliphatic carbocycles. The van der Waals surface area contributed by atoms with Crippen molar-refractivity contribution in [3.05, 3.63) is 89.0 Å². The molecule has 7 nitrogen and oxygen atoms in total. The van der Waals surface area contributed by atoms with Gasteiger partial charge in [0.1, 0.15) is 11.5 Å². The minimum absolute atomic E-state index is 0.179. The van der Waals surface area contributed by atoms with E-state index in [0.717, 1.165) is 16.8 Å². The third-order valence-corrected chi connectivity index (χ3v) is 7.78. The van der Waals surface area contributed by atoms with Crippen LogP contribution in [-0.2, 0) is 16.2 Å². The van der Waals surface area contributed by atoms with Gasteiger partial charge in [-0.1, -0.05) is 18.2 Å². The zero-order valence-corrected chi connectivity index (χ0v) is 20.2. The van der Waals surface area contributed by atoms with Crippen LogP contribution >= 0.6 is 11.8 Å². The highest BCUT2D eigenvalue weighted by atomic mass is 32.2. The molecule has 1 spiro atoms. The lowest BCUT2D eigenvalue weighted by molar-refractivity contribution is -0.123. The van der Waals surface area contributed by atoms with Gasteiger partial charge in [0.2, 0.25) is 0 Å². The number of amides is 2. The zero-order chi connectivity index (χ0) is 24.6. The number of carbonyl (C=O) groups excluding carboxylic acids is 2. The maximum atomic E-state index is 14.2. The van der Waals surface area contributed by atoms with E-state index in [-0.39, 0.29) is 18.4 Å². The van der Waals surface area contributed by atoms with E-state index in [1.54, 1.807) is 60.4 Å². The molecule has 1 saturated heterocycles. The number of ether oxygens (including phenoxy) is 2. The normalized spacial score (nSPS) is 18.5. The first kappa shape index (κ1) is 22.8. The number of hydrogen-bond donors (Lipinski definition) is 0. The molecule has 3 aromatic carbocycles. The highest BCUT2D eigenvalue weighted by Gasteiger charge is 2.59. The number of benzene rings is 3. The Balaban J connectivity index is 1.60. The van der Waals surface area contributed by atoms with Gasteiger partial charge in [0.15, 0.2) is 4.87 Å². The largest absolute Gasteiger partial charge is 0.497 e. The fourth-order valence-corrected chi connectivity index (χ4v) is 6.16. The van der Waals surface area contributed by atoms with Gasteiger partial charge in [-0.05, 0) is 54.1 Å². The maximum absolute atomic E-state index is 14.2. The fourth-order valence-electron chi connectivity index (χ4n) is 4.71. The molecular formula is C27H23N3O4S.